The molecule has 1 nitrogen and oxygen atoms in total. The third-order valence-electron chi connectivity index (χ3n) is 2.52. The van der Waals surface area contributed by atoms with Gasteiger partial charge in [-0.15, -0.1) is 0 Å². The molecular formula is C8H13N. The molecule has 1 aliphatic heterocycles. The van der Waals surface area contributed by atoms with E-state index in [4.69, 9.17) is 0 Å². The van der Waals surface area contributed by atoms with E-state index in [9.17, 15) is 0 Å². The van der Waals surface area contributed by atoms with Gasteiger partial charge < -0.3 is 5.32 Å². The molecule has 50 valence electrons. The maximum atomic E-state index is 3.42. The normalized spacial score (nSPS) is 40.8. The molecule has 1 saturated heterocycles. The third kappa shape index (κ3) is 0.799. The van der Waals surface area contributed by atoms with Crippen LogP contribution in [0.3, 0.4) is 0 Å². The highest BCUT2D eigenvalue weighted by molar-refractivity contribution is 5.11. The van der Waals surface area contributed by atoms with E-state index in [1.54, 1.807) is 5.57 Å². The Morgan fingerprint density at radius 1 is 1.67 bits per heavy atom. The van der Waals surface area contributed by atoms with Crippen LogP contribution < -0.4 is 5.32 Å². The highest BCUT2D eigenvalue weighted by Gasteiger charge is 2.31. The Labute approximate surface area is 56.1 Å². The van der Waals surface area contributed by atoms with Crippen LogP contribution in [0, 0.1) is 5.92 Å². The van der Waals surface area contributed by atoms with E-state index in [2.05, 4.69) is 18.3 Å². The van der Waals surface area contributed by atoms with Crippen LogP contribution in [0.2, 0.25) is 0 Å². The van der Waals surface area contributed by atoms with E-state index in [1.165, 1.54) is 19.4 Å². The Hall–Kier alpha value is -0.300. The lowest BCUT2D eigenvalue weighted by atomic mass is 9.80. The Morgan fingerprint density at radius 3 is 3.00 bits per heavy atom. The molecule has 2 atom stereocenters. The molecule has 1 heteroatoms. The first-order valence-electron chi connectivity index (χ1n) is 3.75. The van der Waals surface area contributed by atoms with Crippen molar-refractivity contribution < 1.29 is 0 Å². The van der Waals surface area contributed by atoms with Gasteiger partial charge >= 0.3 is 0 Å². The van der Waals surface area contributed by atoms with Gasteiger partial charge in [-0.25, -0.2) is 0 Å². The summed E-state index contributed by atoms with van der Waals surface area (Å²) >= 11 is 0. The van der Waals surface area contributed by atoms with Gasteiger partial charge in [0.15, 0.2) is 0 Å². The van der Waals surface area contributed by atoms with Crippen LogP contribution in [0.4, 0.5) is 0 Å². The summed E-state index contributed by atoms with van der Waals surface area (Å²) < 4.78 is 0. The molecule has 0 aromatic rings. The number of hydrogen-bond acceptors (Lipinski definition) is 1. The molecule has 1 heterocycles. The van der Waals surface area contributed by atoms with Crippen molar-refractivity contribution in [2.75, 3.05) is 6.54 Å². The molecule has 2 unspecified atom stereocenters. The smallest absolute Gasteiger partial charge is 0.0145 e. The van der Waals surface area contributed by atoms with Gasteiger partial charge in [0.05, 0.1) is 0 Å². The fourth-order valence-corrected chi connectivity index (χ4v) is 1.77. The van der Waals surface area contributed by atoms with Gasteiger partial charge in [-0.3, -0.25) is 0 Å². The van der Waals surface area contributed by atoms with Crippen molar-refractivity contribution in [2.45, 2.75) is 25.8 Å². The van der Waals surface area contributed by atoms with Crippen molar-refractivity contribution in [3.8, 4) is 0 Å². The Morgan fingerprint density at radius 2 is 2.56 bits per heavy atom. The van der Waals surface area contributed by atoms with Crippen molar-refractivity contribution in [1.82, 2.24) is 5.32 Å². The zero-order valence-corrected chi connectivity index (χ0v) is 5.85. The second-order valence-electron chi connectivity index (χ2n) is 3.27. The van der Waals surface area contributed by atoms with Crippen LogP contribution in [-0.4, -0.2) is 12.6 Å². The minimum Gasteiger partial charge on any atom is -0.313 e. The molecule has 0 spiro atoms. The number of fused-ring (bicyclic) bond motifs is 1. The first-order chi connectivity index (χ1) is 4.36. The predicted octanol–water partition coefficient (Wildman–Crippen LogP) is 1.31. The van der Waals surface area contributed by atoms with Crippen LogP contribution in [-0.2, 0) is 0 Å². The molecule has 0 radical (unpaired) electrons. The summed E-state index contributed by atoms with van der Waals surface area (Å²) in [4.78, 5) is 0. The average molecular weight is 123 g/mol. The molecule has 0 amide bonds. The Kier molecular flexibility index (Phi) is 1.12. The topological polar surface area (TPSA) is 12.0 Å². The van der Waals surface area contributed by atoms with Gasteiger partial charge in [0, 0.05) is 12.6 Å². The van der Waals surface area contributed by atoms with Crippen LogP contribution >= 0.6 is 0 Å². The van der Waals surface area contributed by atoms with Crippen molar-refractivity contribution >= 4 is 0 Å². The predicted molar refractivity (Wildman–Crippen MR) is 38.3 cm³/mol. The van der Waals surface area contributed by atoms with Crippen molar-refractivity contribution in [2.24, 2.45) is 5.92 Å². The Bertz CT molecular complexity index is 149. The van der Waals surface area contributed by atoms with E-state index in [-0.39, 0.29) is 0 Å². The molecule has 1 N–H and O–H groups in total. The van der Waals surface area contributed by atoms with Gasteiger partial charge in [0.1, 0.15) is 0 Å². The van der Waals surface area contributed by atoms with Crippen LogP contribution in [0.15, 0.2) is 11.6 Å². The van der Waals surface area contributed by atoms with Gasteiger partial charge in [-0.1, -0.05) is 11.6 Å². The fourth-order valence-electron chi connectivity index (χ4n) is 1.77. The van der Waals surface area contributed by atoms with E-state index < -0.39 is 0 Å². The lowest BCUT2D eigenvalue weighted by Gasteiger charge is -2.40. The second kappa shape index (κ2) is 1.84. The second-order valence-corrected chi connectivity index (χ2v) is 3.27. The standard InChI is InChI=1S/C8H13N/c1-6-2-3-8-7(4-6)5-9-8/h2,7-9H,3-5H2,1H3. The molecule has 2 aliphatic rings. The van der Waals surface area contributed by atoms with Gasteiger partial charge in [0.25, 0.3) is 0 Å². The highest BCUT2D eigenvalue weighted by Crippen LogP contribution is 2.28. The summed E-state index contributed by atoms with van der Waals surface area (Å²) in [6.07, 6.45) is 4.99. The zero-order valence-electron chi connectivity index (χ0n) is 5.85. The Balaban J connectivity index is 2.07. The van der Waals surface area contributed by atoms with Crippen molar-refractivity contribution in [1.29, 1.82) is 0 Å². The maximum absolute atomic E-state index is 3.42. The highest BCUT2D eigenvalue weighted by atomic mass is 15.0. The molecule has 1 aliphatic carbocycles. The number of rotatable bonds is 0. The van der Waals surface area contributed by atoms with Crippen LogP contribution in [0.1, 0.15) is 19.8 Å². The molecule has 9 heavy (non-hydrogen) atoms. The lowest BCUT2D eigenvalue weighted by molar-refractivity contribution is 0.221. The minimum absolute atomic E-state index is 0.841. The summed E-state index contributed by atoms with van der Waals surface area (Å²) in [5, 5.41) is 3.42. The van der Waals surface area contributed by atoms with Gasteiger partial charge in [0.2, 0.25) is 0 Å². The summed E-state index contributed by atoms with van der Waals surface area (Å²) in [5.41, 5.74) is 1.60. The lowest BCUT2D eigenvalue weighted by Crippen LogP contribution is -2.53. The molecular weight excluding hydrogens is 110 g/mol. The molecule has 1 fully saturated rings. The van der Waals surface area contributed by atoms with E-state index in [0.29, 0.717) is 0 Å². The number of nitrogens with one attached hydrogen (secondary N) is 1. The monoisotopic (exact) mass is 123 g/mol. The summed E-state index contributed by atoms with van der Waals surface area (Å²) in [7, 11) is 0. The molecule has 0 saturated carbocycles. The molecule has 0 aromatic carbocycles. The first-order valence-corrected chi connectivity index (χ1v) is 3.75. The zero-order chi connectivity index (χ0) is 6.27. The minimum atomic E-state index is 0.841. The maximum Gasteiger partial charge on any atom is 0.0145 e. The van der Waals surface area contributed by atoms with Crippen molar-refractivity contribution in [3.63, 3.8) is 0 Å². The van der Waals surface area contributed by atoms with E-state index in [0.717, 1.165) is 12.0 Å². The van der Waals surface area contributed by atoms with E-state index in [1.807, 2.05) is 0 Å². The molecule has 0 bridgehead atoms. The summed E-state index contributed by atoms with van der Waals surface area (Å²) in [5.74, 6) is 0.981. The van der Waals surface area contributed by atoms with E-state index >= 15 is 0 Å². The van der Waals surface area contributed by atoms with Crippen molar-refractivity contribution in [3.05, 3.63) is 11.6 Å². The average Bonchev–Trinajstić information content (AvgIpc) is 1.78. The SMILES string of the molecule is CC1=CCC2NCC2C1. The largest absolute Gasteiger partial charge is 0.313 e. The van der Waals surface area contributed by atoms with Crippen LogP contribution in [0.25, 0.3) is 0 Å². The van der Waals surface area contributed by atoms with Gasteiger partial charge in [-0.2, -0.15) is 0 Å². The number of hydrogen-bond donors (Lipinski definition) is 1. The van der Waals surface area contributed by atoms with Crippen LogP contribution in [0.5, 0.6) is 0 Å². The fraction of sp³-hybridized carbons (Fsp3) is 0.750. The summed E-state index contributed by atoms with van der Waals surface area (Å²) in [6, 6.07) is 0.841. The third-order valence-corrected chi connectivity index (χ3v) is 2.52. The van der Waals surface area contributed by atoms with Gasteiger partial charge in [-0.05, 0) is 25.7 Å². The first kappa shape index (κ1) is 5.48. The summed E-state index contributed by atoms with van der Waals surface area (Å²) in [6.45, 7) is 3.50. The number of allylic oxidation sites excluding steroid dienone is 1. The molecule has 0 aromatic heterocycles. The quantitative estimate of drug-likeness (QED) is 0.479. The molecule has 2 rings (SSSR count).